The smallest absolute Gasteiger partial charge is 0.407 e. The number of aromatic nitrogens is 4. The molecule has 1 fully saturated rings. The van der Waals surface area contributed by atoms with Crippen molar-refractivity contribution in [2.75, 3.05) is 25.5 Å². The number of likely N-dealkylation sites (tertiary alicyclic amines) is 1. The average Bonchev–Trinajstić information content (AvgIpc) is 3.92. The summed E-state index contributed by atoms with van der Waals surface area (Å²) in [6.45, 7) is 4.92. The Balaban J connectivity index is 1.05. The van der Waals surface area contributed by atoms with Crippen LogP contribution in [0.1, 0.15) is 44.1 Å². The predicted molar refractivity (Wildman–Crippen MR) is 192 cm³/mol. The molecule has 258 valence electrons. The molecule has 12 nitrogen and oxygen atoms in total. The molecule has 6 rings (SSSR count). The van der Waals surface area contributed by atoms with Crippen LogP contribution in [0.3, 0.4) is 0 Å². The number of ether oxygens (including phenoxy) is 1. The van der Waals surface area contributed by atoms with Gasteiger partial charge in [0.2, 0.25) is 11.9 Å². The molecule has 0 spiro atoms. The van der Waals surface area contributed by atoms with Gasteiger partial charge in [-0.05, 0) is 41.9 Å². The lowest BCUT2D eigenvalue weighted by atomic mass is 10.0. The molecule has 12 heteroatoms. The normalized spacial score (nSPS) is 14.7. The second-order valence-electron chi connectivity index (χ2n) is 12.6. The van der Waals surface area contributed by atoms with Crippen molar-refractivity contribution in [3.63, 3.8) is 0 Å². The first-order chi connectivity index (χ1) is 24.3. The number of hydrogen-bond acceptors (Lipinski definition) is 6. The third-order valence-corrected chi connectivity index (χ3v) is 8.89. The molecule has 3 aromatic carbocycles. The number of carbonyl (C=O) groups is 3. The Labute approximate surface area is 291 Å². The first-order valence-electron chi connectivity index (χ1n) is 16.8. The number of H-pyrrole nitrogens is 2. The molecule has 0 saturated carbocycles. The van der Waals surface area contributed by atoms with E-state index in [2.05, 4.69) is 43.0 Å². The van der Waals surface area contributed by atoms with E-state index < -0.39 is 12.1 Å². The van der Waals surface area contributed by atoms with Crippen LogP contribution < -0.4 is 16.0 Å². The van der Waals surface area contributed by atoms with Gasteiger partial charge < -0.3 is 30.2 Å². The fourth-order valence-electron chi connectivity index (χ4n) is 6.17. The zero-order chi connectivity index (χ0) is 35.0. The molecule has 2 aromatic heterocycles. The molecule has 0 aliphatic carbocycles. The zero-order valence-corrected chi connectivity index (χ0v) is 28.4. The second kappa shape index (κ2) is 15.5. The molecular formula is C38H42N8O4. The van der Waals surface area contributed by atoms with Crippen molar-refractivity contribution in [2.45, 2.75) is 45.2 Å². The Morgan fingerprint density at radius 3 is 2.12 bits per heavy atom. The van der Waals surface area contributed by atoms with Gasteiger partial charge in [0.25, 0.3) is 0 Å². The number of aromatic amines is 2. The topological polar surface area (TPSA) is 157 Å². The Morgan fingerprint density at radius 1 is 0.860 bits per heavy atom. The Morgan fingerprint density at radius 2 is 1.48 bits per heavy atom. The summed E-state index contributed by atoms with van der Waals surface area (Å²) < 4.78 is 4.74. The minimum Gasteiger partial charge on any atom is -0.453 e. The van der Waals surface area contributed by atoms with Crippen molar-refractivity contribution < 1.29 is 19.1 Å². The maximum Gasteiger partial charge on any atom is 0.407 e. The number of nitrogens with one attached hydrogen (secondary N) is 5. The van der Waals surface area contributed by atoms with Gasteiger partial charge in [-0.2, -0.15) is 0 Å². The van der Waals surface area contributed by atoms with Gasteiger partial charge in [0, 0.05) is 36.6 Å². The SMILES string of the molecule is COC(=O)N[C@H](C(=O)N1CCC[C@H]1c1nc(-c2ccc(-c3ccc(-c4c[nH]c(NC(=O)NCCc5ccccc5)n4)cc3)cc2)c[nH]1)C(C)C. The van der Waals surface area contributed by atoms with E-state index in [1.165, 1.54) is 7.11 Å². The minimum absolute atomic E-state index is 0.0967. The highest BCUT2D eigenvalue weighted by Crippen LogP contribution is 2.33. The van der Waals surface area contributed by atoms with Crippen LogP contribution in [0.15, 0.2) is 91.3 Å². The van der Waals surface area contributed by atoms with Crippen molar-refractivity contribution in [3.8, 4) is 33.6 Å². The molecule has 3 heterocycles. The molecule has 50 heavy (non-hydrogen) atoms. The lowest BCUT2D eigenvalue weighted by Gasteiger charge is -2.29. The molecule has 1 saturated heterocycles. The third-order valence-electron chi connectivity index (χ3n) is 8.89. The van der Waals surface area contributed by atoms with Gasteiger partial charge in [0.1, 0.15) is 11.9 Å². The van der Waals surface area contributed by atoms with Crippen molar-refractivity contribution >= 4 is 24.0 Å². The lowest BCUT2D eigenvalue weighted by Crippen LogP contribution is -2.51. The number of hydrogen-bond donors (Lipinski definition) is 5. The fourth-order valence-corrected chi connectivity index (χ4v) is 6.17. The standard InChI is InChI=1S/C38H42N8O4/c1-24(2)33(44-38(49)50-3)35(47)46-21-7-10-32(46)34-40-22-30(42-34)28-15-11-26(12-16-28)27-13-17-29(18-14-27)31-23-41-36(43-31)45-37(48)39-20-19-25-8-5-4-6-9-25/h4-6,8-9,11-18,22-24,32-33H,7,10,19-21H2,1-3H3,(H,40,42)(H,44,49)(H3,39,41,43,45,48)/t32-,33-/m0/s1. The van der Waals surface area contributed by atoms with Crippen molar-refractivity contribution in [1.82, 2.24) is 35.5 Å². The van der Waals surface area contributed by atoms with Crippen LogP contribution in [0.25, 0.3) is 33.6 Å². The highest BCUT2D eigenvalue weighted by molar-refractivity contribution is 5.88. The van der Waals surface area contributed by atoms with E-state index >= 15 is 0 Å². The lowest BCUT2D eigenvalue weighted by molar-refractivity contribution is -0.135. The van der Waals surface area contributed by atoms with E-state index in [0.29, 0.717) is 19.0 Å². The van der Waals surface area contributed by atoms with E-state index in [9.17, 15) is 14.4 Å². The number of urea groups is 1. The molecular weight excluding hydrogens is 632 g/mol. The number of benzene rings is 3. The number of amides is 4. The summed E-state index contributed by atoms with van der Waals surface area (Å²) >= 11 is 0. The van der Waals surface area contributed by atoms with Crippen LogP contribution in [0.5, 0.6) is 0 Å². The average molecular weight is 675 g/mol. The van der Waals surface area contributed by atoms with Crippen LogP contribution in [-0.2, 0) is 16.0 Å². The maximum atomic E-state index is 13.5. The number of imidazole rings is 2. The quantitative estimate of drug-likeness (QED) is 0.107. The summed E-state index contributed by atoms with van der Waals surface area (Å²) in [5, 5.41) is 8.30. The van der Waals surface area contributed by atoms with Crippen LogP contribution >= 0.6 is 0 Å². The first kappa shape index (κ1) is 34.0. The van der Waals surface area contributed by atoms with Crippen LogP contribution in [-0.4, -0.2) is 69.1 Å². The van der Waals surface area contributed by atoms with Crippen LogP contribution in [0.4, 0.5) is 15.5 Å². The zero-order valence-electron chi connectivity index (χ0n) is 28.4. The van der Waals surface area contributed by atoms with Gasteiger partial charge >= 0.3 is 12.1 Å². The van der Waals surface area contributed by atoms with Gasteiger partial charge in [-0.1, -0.05) is 92.7 Å². The van der Waals surface area contributed by atoms with Crippen molar-refractivity contribution in [2.24, 2.45) is 5.92 Å². The van der Waals surface area contributed by atoms with E-state index in [1.54, 1.807) is 11.1 Å². The summed E-state index contributed by atoms with van der Waals surface area (Å²) in [6, 6.07) is 25.1. The van der Waals surface area contributed by atoms with E-state index in [-0.39, 0.29) is 23.9 Å². The van der Waals surface area contributed by atoms with E-state index in [4.69, 9.17) is 9.72 Å². The predicted octanol–water partition coefficient (Wildman–Crippen LogP) is 6.54. The van der Waals surface area contributed by atoms with Gasteiger partial charge in [-0.3, -0.25) is 10.1 Å². The molecule has 0 unspecified atom stereocenters. The highest BCUT2D eigenvalue weighted by atomic mass is 16.5. The molecule has 2 atom stereocenters. The monoisotopic (exact) mass is 674 g/mol. The van der Waals surface area contributed by atoms with Gasteiger partial charge in [0.15, 0.2) is 0 Å². The maximum absolute atomic E-state index is 13.5. The van der Waals surface area contributed by atoms with Crippen molar-refractivity contribution in [3.05, 3.63) is 103 Å². The summed E-state index contributed by atoms with van der Waals surface area (Å²) in [6.07, 6.45) is 5.41. The summed E-state index contributed by atoms with van der Waals surface area (Å²) in [5.74, 6) is 0.871. The molecule has 5 aromatic rings. The largest absolute Gasteiger partial charge is 0.453 e. The summed E-state index contributed by atoms with van der Waals surface area (Å²) in [4.78, 5) is 55.2. The first-order valence-corrected chi connectivity index (χ1v) is 16.8. The molecule has 0 bridgehead atoms. The minimum atomic E-state index is -0.679. The van der Waals surface area contributed by atoms with E-state index in [0.717, 1.165) is 64.3 Å². The van der Waals surface area contributed by atoms with Crippen LogP contribution in [0, 0.1) is 5.92 Å². The number of nitrogens with zero attached hydrogens (tertiary/aromatic N) is 3. The molecule has 5 N–H and O–H groups in total. The Kier molecular flexibility index (Phi) is 10.6. The summed E-state index contributed by atoms with van der Waals surface area (Å²) in [7, 11) is 1.29. The number of anilines is 1. The van der Waals surface area contributed by atoms with E-state index in [1.807, 2.05) is 86.8 Å². The van der Waals surface area contributed by atoms with Crippen LogP contribution in [0.2, 0.25) is 0 Å². The van der Waals surface area contributed by atoms with Gasteiger partial charge in [0.05, 0.1) is 24.5 Å². The molecule has 1 aliphatic rings. The number of rotatable bonds is 11. The van der Waals surface area contributed by atoms with Crippen molar-refractivity contribution in [1.29, 1.82) is 0 Å². The Hall–Kier alpha value is -5.91. The number of methoxy groups -OCH3 is 1. The fraction of sp³-hybridized carbons (Fsp3) is 0.289. The highest BCUT2D eigenvalue weighted by Gasteiger charge is 2.37. The molecule has 0 radical (unpaired) electrons. The van der Waals surface area contributed by atoms with Gasteiger partial charge in [-0.25, -0.2) is 19.6 Å². The number of alkyl carbamates (subject to hydrolysis) is 1. The second-order valence-corrected chi connectivity index (χ2v) is 12.6. The number of carbonyl (C=O) groups excluding carboxylic acids is 3. The molecule has 4 amide bonds. The van der Waals surface area contributed by atoms with Gasteiger partial charge in [-0.15, -0.1) is 0 Å². The molecule has 1 aliphatic heterocycles. The third kappa shape index (κ3) is 8.03. The summed E-state index contributed by atoms with van der Waals surface area (Å²) in [5.41, 5.74) is 6.66. The Bertz CT molecular complexity index is 1900.